The van der Waals surface area contributed by atoms with Gasteiger partial charge in [0.05, 0.1) is 19.6 Å². The highest BCUT2D eigenvalue weighted by Gasteiger charge is 2.08. The molecule has 0 saturated carbocycles. The summed E-state index contributed by atoms with van der Waals surface area (Å²) in [5, 5.41) is 0. The number of H-pyrrole nitrogens is 1. The third-order valence-corrected chi connectivity index (χ3v) is 2.07. The minimum atomic E-state index is 0.745. The first-order valence-electron chi connectivity index (χ1n) is 5.00. The van der Waals surface area contributed by atoms with Crippen LogP contribution in [0.2, 0.25) is 0 Å². The van der Waals surface area contributed by atoms with Crippen molar-refractivity contribution in [2.45, 2.75) is 19.9 Å². The minimum absolute atomic E-state index is 0.745. The number of imidazole rings is 1. The molecule has 1 heterocycles. The van der Waals surface area contributed by atoms with Crippen LogP contribution in [-0.2, 0) is 22.4 Å². The number of ether oxygens (including phenoxy) is 2. The molecule has 0 spiro atoms. The van der Waals surface area contributed by atoms with E-state index in [1.54, 1.807) is 7.11 Å². The van der Waals surface area contributed by atoms with Crippen molar-refractivity contribution in [1.82, 2.24) is 4.98 Å². The van der Waals surface area contributed by atoms with Crippen molar-refractivity contribution in [2.24, 2.45) is 0 Å². The summed E-state index contributed by atoms with van der Waals surface area (Å²) < 4.78 is 12.5. The van der Waals surface area contributed by atoms with E-state index in [1.165, 1.54) is 5.82 Å². The maximum Gasteiger partial charge on any atom is 0.256 e. The van der Waals surface area contributed by atoms with Crippen LogP contribution in [0.15, 0.2) is 12.4 Å². The first-order chi connectivity index (χ1) is 6.88. The quantitative estimate of drug-likeness (QED) is 0.514. The molecule has 0 amide bonds. The second-order valence-corrected chi connectivity index (χ2v) is 3.04. The Morgan fingerprint density at radius 1 is 1.43 bits per heavy atom. The van der Waals surface area contributed by atoms with E-state index in [0.29, 0.717) is 0 Å². The van der Waals surface area contributed by atoms with Gasteiger partial charge in [-0.2, -0.15) is 0 Å². The van der Waals surface area contributed by atoms with E-state index in [9.17, 15) is 0 Å². The molecule has 0 radical (unpaired) electrons. The van der Waals surface area contributed by atoms with Crippen molar-refractivity contribution in [3.05, 3.63) is 18.2 Å². The summed E-state index contributed by atoms with van der Waals surface area (Å²) in [6.45, 7) is 5.19. The van der Waals surface area contributed by atoms with Gasteiger partial charge in [0, 0.05) is 13.7 Å². The van der Waals surface area contributed by atoms with Crippen LogP contribution in [-0.4, -0.2) is 31.9 Å². The summed E-state index contributed by atoms with van der Waals surface area (Å²) in [5.41, 5.74) is 0. The highest BCUT2D eigenvalue weighted by atomic mass is 16.5. The number of nitrogens with zero attached hydrogens (tertiary/aromatic N) is 1. The Labute approximate surface area is 84.9 Å². The zero-order valence-electron chi connectivity index (χ0n) is 8.95. The molecule has 0 aliphatic heterocycles. The van der Waals surface area contributed by atoms with Crippen molar-refractivity contribution in [3.63, 3.8) is 0 Å². The molecule has 1 rings (SSSR count). The van der Waals surface area contributed by atoms with E-state index >= 15 is 0 Å². The third-order valence-electron chi connectivity index (χ3n) is 2.07. The number of rotatable bonds is 7. The van der Waals surface area contributed by atoms with Crippen LogP contribution in [0, 0.1) is 0 Å². The summed E-state index contributed by atoms with van der Waals surface area (Å²) in [5.74, 6) is 1.19. The summed E-state index contributed by atoms with van der Waals surface area (Å²) in [6.07, 6.45) is 4.89. The van der Waals surface area contributed by atoms with Gasteiger partial charge in [0.2, 0.25) is 0 Å². The van der Waals surface area contributed by atoms with Gasteiger partial charge in [-0.05, 0) is 6.92 Å². The van der Waals surface area contributed by atoms with E-state index in [4.69, 9.17) is 9.47 Å². The molecule has 0 atom stereocenters. The van der Waals surface area contributed by atoms with Gasteiger partial charge in [-0.15, -0.1) is 0 Å². The SMILES string of the molecule is CCOCC[n+]1cc[nH]c1CCOC. The van der Waals surface area contributed by atoms with Crippen LogP contribution >= 0.6 is 0 Å². The number of aromatic amines is 1. The Morgan fingerprint density at radius 2 is 2.29 bits per heavy atom. The van der Waals surface area contributed by atoms with Gasteiger partial charge in [0.15, 0.2) is 0 Å². The maximum absolute atomic E-state index is 5.30. The molecule has 0 aliphatic rings. The Morgan fingerprint density at radius 3 is 3.00 bits per heavy atom. The lowest BCUT2D eigenvalue weighted by atomic mass is 10.4. The number of hydrogen-bond donors (Lipinski definition) is 1. The average Bonchev–Trinajstić information content (AvgIpc) is 2.63. The van der Waals surface area contributed by atoms with Crippen molar-refractivity contribution >= 4 is 0 Å². The molecule has 1 N–H and O–H groups in total. The van der Waals surface area contributed by atoms with Crippen LogP contribution in [0.1, 0.15) is 12.7 Å². The molecule has 0 unspecified atom stereocenters. The monoisotopic (exact) mass is 199 g/mol. The Hall–Kier alpha value is -0.870. The standard InChI is InChI=1S/C10H18N2O2/c1-3-14-9-7-12-6-5-11-10(12)4-8-13-2/h5-6H,3-4,7-9H2,1-2H3/p+1. The fourth-order valence-electron chi connectivity index (χ4n) is 1.33. The second-order valence-electron chi connectivity index (χ2n) is 3.04. The van der Waals surface area contributed by atoms with E-state index < -0.39 is 0 Å². The lowest BCUT2D eigenvalue weighted by Gasteiger charge is -2.01. The summed E-state index contributed by atoms with van der Waals surface area (Å²) in [7, 11) is 1.72. The summed E-state index contributed by atoms with van der Waals surface area (Å²) >= 11 is 0. The summed E-state index contributed by atoms with van der Waals surface area (Å²) in [4.78, 5) is 3.19. The van der Waals surface area contributed by atoms with Crippen molar-refractivity contribution in [1.29, 1.82) is 0 Å². The zero-order valence-corrected chi connectivity index (χ0v) is 8.95. The highest BCUT2D eigenvalue weighted by Crippen LogP contribution is 1.89. The van der Waals surface area contributed by atoms with Crippen molar-refractivity contribution in [2.75, 3.05) is 26.9 Å². The van der Waals surface area contributed by atoms with Gasteiger partial charge >= 0.3 is 0 Å². The van der Waals surface area contributed by atoms with E-state index in [2.05, 4.69) is 9.55 Å². The van der Waals surface area contributed by atoms with E-state index in [-0.39, 0.29) is 0 Å². The van der Waals surface area contributed by atoms with Crippen LogP contribution in [0.5, 0.6) is 0 Å². The average molecular weight is 199 g/mol. The molecule has 1 aromatic heterocycles. The fraction of sp³-hybridized carbons (Fsp3) is 0.700. The zero-order chi connectivity index (χ0) is 10.2. The Kier molecular flexibility index (Phi) is 5.25. The molecule has 80 valence electrons. The molecule has 4 nitrogen and oxygen atoms in total. The number of aromatic nitrogens is 2. The molecule has 0 saturated heterocycles. The van der Waals surface area contributed by atoms with Crippen LogP contribution in [0.3, 0.4) is 0 Å². The third kappa shape index (κ3) is 3.47. The topological polar surface area (TPSA) is 38.1 Å². The van der Waals surface area contributed by atoms with Crippen LogP contribution < -0.4 is 4.57 Å². The van der Waals surface area contributed by atoms with Crippen LogP contribution in [0.25, 0.3) is 0 Å². The first-order valence-corrected chi connectivity index (χ1v) is 5.00. The fourth-order valence-corrected chi connectivity index (χ4v) is 1.33. The molecule has 0 aliphatic carbocycles. The van der Waals surface area contributed by atoms with Gasteiger partial charge in [-0.3, -0.25) is 0 Å². The highest BCUT2D eigenvalue weighted by molar-refractivity contribution is 4.77. The lowest BCUT2D eigenvalue weighted by molar-refractivity contribution is -0.704. The minimum Gasteiger partial charge on any atom is -0.384 e. The van der Waals surface area contributed by atoms with Gasteiger partial charge < -0.3 is 9.47 Å². The molecule has 4 heteroatoms. The van der Waals surface area contributed by atoms with Crippen molar-refractivity contribution < 1.29 is 14.0 Å². The van der Waals surface area contributed by atoms with Gasteiger partial charge in [-0.25, -0.2) is 9.55 Å². The maximum atomic E-state index is 5.30. The second kappa shape index (κ2) is 6.56. The molecule has 1 aromatic rings. The number of hydrogen-bond acceptors (Lipinski definition) is 2. The first kappa shape index (κ1) is 11.2. The molecule has 0 fully saturated rings. The van der Waals surface area contributed by atoms with Gasteiger partial charge in [0.25, 0.3) is 5.82 Å². The Bertz CT molecular complexity index is 248. The normalized spacial score (nSPS) is 10.7. The van der Waals surface area contributed by atoms with E-state index in [0.717, 1.165) is 32.8 Å². The van der Waals surface area contributed by atoms with E-state index in [1.807, 2.05) is 19.3 Å². The molecular formula is C10H19N2O2+. The van der Waals surface area contributed by atoms with Gasteiger partial charge in [-0.1, -0.05) is 0 Å². The predicted octanol–water partition coefficient (Wildman–Crippen LogP) is 0.528. The molecular weight excluding hydrogens is 180 g/mol. The molecule has 0 bridgehead atoms. The smallest absolute Gasteiger partial charge is 0.256 e. The van der Waals surface area contributed by atoms with Crippen LogP contribution in [0.4, 0.5) is 0 Å². The summed E-state index contributed by atoms with van der Waals surface area (Å²) in [6, 6.07) is 0. The molecule has 14 heavy (non-hydrogen) atoms. The number of nitrogens with one attached hydrogen (secondary N) is 1. The Balaban J connectivity index is 2.37. The number of methoxy groups -OCH3 is 1. The van der Waals surface area contributed by atoms with Gasteiger partial charge in [0.1, 0.15) is 18.9 Å². The largest absolute Gasteiger partial charge is 0.384 e. The lowest BCUT2D eigenvalue weighted by Crippen LogP contribution is -2.38. The predicted molar refractivity (Wildman–Crippen MR) is 53.1 cm³/mol. The molecule has 0 aromatic carbocycles. The van der Waals surface area contributed by atoms with Crippen molar-refractivity contribution in [3.8, 4) is 0 Å².